The molecule has 0 N–H and O–H groups in total. The Morgan fingerprint density at radius 2 is 2.00 bits per heavy atom. The zero-order valence-corrected chi connectivity index (χ0v) is 10.8. The van der Waals surface area contributed by atoms with E-state index in [-0.39, 0.29) is 0 Å². The fourth-order valence-corrected chi connectivity index (χ4v) is 1.99. The number of alkyl halides is 1. The number of ether oxygens (including phenoxy) is 2. The maximum atomic E-state index is 5.30. The number of hydrogen-bond acceptors (Lipinski definition) is 2. The van der Waals surface area contributed by atoms with Gasteiger partial charge in [-0.1, -0.05) is 34.1 Å². The molecule has 1 aromatic rings. The molecule has 0 bridgehead atoms. The molecule has 0 saturated carbocycles. The van der Waals surface area contributed by atoms with Crippen molar-refractivity contribution in [3.63, 3.8) is 0 Å². The van der Waals surface area contributed by atoms with Gasteiger partial charge in [-0.3, -0.25) is 0 Å². The van der Waals surface area contributed by atoms with Crippen LogP contribution in [-0.2, 0) is 11.2 Å². The zero-order valence-electron chi connectivity index (χ0n) is 9.20. The molecular formula is C12H17BrO2. The van der Waals surface area contributed by atoms with E-state index in [1.165, 1.54) is 5.56 Å². The lowest BCUT2D eigenvalue weighted by atomic mass is 10.1. The van der Waals surface area contributed by atoms with Crippen LogP contribution in [0.5, 0.6) is 5.75 Å². The van der Waals surface area contributed by atoms with E-state index in [2.05, 4.69) is 22.0 Å². The second kappa shape index (κ2) is 6.85. The third-order valence-electron chi connectivity index (χ3n) is 2.27. The van der Waals surface area contributed by atoms with Gasteiger partial charge in [0.2, 0.25) is 0 Å². The summed E-state index contributed by atoms with van der Waals surface area (Å²) in [5, 5.41) is 0. The van der Waals surface area contributed by atoms with E-state index >= 15 is 0 Å². The van der Waals surface area contributed by atoms with Crippen molar-refractivity contribution in [3.05, 3.63) is 29.8 Å². The number of benzene rings is 1. The summed E-state index contributed by atoms with van der Waals surface area (Å²) in [6, 6.07) is 8.11. The Bertz CT molecular complexity index is 289. The van der Waals surface area contributed by atoms with E-state index in [9.17, 15) is 0 Å². The summed E-state index contributed by atoms with van der Waals surface area (Å²) in [6.07, 6.45) is 1.97. The van der Waals surface area contributed by atoms with Crippen molar-refractivity contribution in [3.8, 4) is 5.75 Å². The zero-order chi connectivity index (χ0) is 11.1. The quantitative estimate of drug-likeness (QED) is 0.742. The molecule has 0 heterocycles. The summed E-state index contributed by atoms with van der Waals surface area (Å²) >= 11 is 3.64. The van der Waals surface area contributed by atoms with Crippen LogP contribution >= 0.6 is 15.9 Å². The third kappa shape index (κ3) is 4.22. The minimum atomic E-state index is 0.439. The normalized spacial score (nSPS) is 12.5. The molecule has 1 atom stereocenters. The minimum absolute atomic E-state index is 0.439. The molecule has 0 aliphatic carbocycles. The molecule has 0 radical (unpaired) electrons. The van der Waals surface area contributed by atoms with Crippen molar-refractivity contribution in [2.45, 2.75) is 17.7 Å². The predicted molar refractivity (Wildman–Crippen MR) is 65.9 cm³/mol. The van der Waals surface area contributed by atoms with Crippen molar-refractivity contribution >= 4 is 15.9 Å². The molecule has 0 saturated heterocycles. The van der Waals surface area contributed by atoms with Crippen molar-refractivity contribution in [2.75, 3.05) is 20.8 Å². The topological polar surface area (TPSA) is 18.5 Å². The molecule has 0 aromatic heterocycles. The molecule has 0 fully saturated rings. The Labute approximate surface area is 99.7 Å². The molecule has 0 aliphatic rings. The first kappa shape index (κ1) is 12.5. The van der Waals surface area contributed by atoms with Gasteiger partial charge in [-0.15, -0.1) is 0 Å². The fourth-order valence-electron chi connectivity index (χ4n) is 1.46. The second-order valence-electron chi connectivity index (χ2n) is 3.39. The lowest BCUT2D eigenvalue weighted by Gasteiger charge is -2.12. The Balaban J connectivity index is 2.55. The van der Waals surface area contributed by atoms with Crippen LogP contribution in [0.15, 0.2) is 24.3 Å². The van der Waals surface area contributed by atoms with E-state index in [4.69, 9.17) is 9.47 Å². The SMILES string of the molecule is COCCC(Br)Cc1ccccc1OC. The van der Waals surface area contributed by atoms with Crippen molar-refractivity contribution in [2.24, 2.45) is 0 Å². The fraction of sp³-hybridized carbons (Fsp3) is 0.500. The van der Waals surface area contributed by atoms with Crippen LogP contribution in [-0.4, -0.2) is 25.7 Å². The highest BCUT2D eigenvalue weighted by Gasteiger charge is 2.08. The Kier molecular flexibility index (Phi) is 5.73. The number of para-hydroxylation sites is 1. The summed E-state index contributed by atoms with van der Waals surface area (Å²) in [5.74, 6) is 0.958. The molecule has 2 nitrogen and oxygen atoms in total. The Hall–Kier alpha value is -0.540. The Morgan fingerprint density at radius 1 is 1.27 bits per heavy atom. The maximum Gasteiger partial charge on any atom is 0.122 e. The van der Waals surface area contributed by atoms with Crippen LogP contribution in [0, 0.1) is 0 Å². The lowest BCUT2D eigenvalue weighted by molar-refractivity contribution is 0.194. The standard InChI is InChI=1S/C12H17BrO2/c1-14-8-7-11(13)9-10-5-3-4-6-12(10)15-2/h3-6,11H,7-9H2,1-2H3. The second-order valence-corrected chi connectivity index (χ2v) is 4.69. The van der Waals surface area contributed by atoms with Crippen LogP contribution in [0.25, 0.3) is 0 Å². The van der Waals surface area contributed by atoms with Crippen molar-refractivity contribution < 1.29 is 9.47 Å². The molecule has 15 heavy (non-hydrogen) atoms. The number of hydrogen-bond donors (Lipinski definition) is 0. The first-order valence-electron chi connectivity index (χ1n) is 5.02. The van der Waals surface area contributed by atoms with Gasteiger partial charge >= 0.3 is 0 Å². The van der Waals surface area contributed by atoms with E-state index in [0.717, 1.165) is 25.2 Å². The van der Waals surface area contributed by atoms with E-state index < -0.39 is 0 Å². The van der Waals surface area contributed by atoms with Crippen LogP contribution in [0.4, 0.5) is 0 Å². The van der Waals surface area contributed by atoms with Crippen LogP contribution < -0.4 is 4.74 Å². The van der Waals surface area contributed by atoms with Crippen molar-refractivity contribution in [1.29, 1.82) is 0 Å². The first-order valence-corrected chi connectivity index (χ1v) is 5.94. The van der Waals surface area contributed by atoms with Gasteiger partial charge in [-0.25, -0.2) is 0 Å². The van der Waals surface area contributed by atoms with E-state index in [1.807, 2.05) is 18.2 Å². The smallest absolute Gasteiger partial charge is 0.122 e. The van der Waals surface area contributed by atoms with Gasteiger partial charge in [0.15, 0.2) is 0 Å². The average Bonchev–Trinajstić information content (AvgIpc) is 2.27. The molecule has 0 aliphatic heterocycles. The monoisotopic (exact) mass is 272 g/mol. The van der Waals surface area contributed by atoms with Crippen LogP contribution in [0.1, 0.15) is 12.0 Å². The molecule has 84 valence electrons. The highest BCUT2D eigenvalue weighted by molar-refractivity contribution is 9.09. The minimum Gasteiger partial charge on any atom is -0.496 e. The van der Waals surface area contributed by atoms with Crippen LogP contribution in [0.2, 0.25) is 0 Å². The molecule has 0 amide bonds. The van der Waals surface area contributed by atoms with Gasteiger partial charge in [0, 0.05) is 18.5 Å². The molecule has 1 aromatic carbocycles. The van der Waals surface area contributed by atoms with Gasteiger partial charge in [0.1, 0.15) is 5.75 Å². The number of methoxy groups -OCH3 is 2. The summed E-state index contributed by atoms with van der Waals surface area (Å²) in [7, 11) is 3.43. The largest absolute Gasteiger partial charge is 0.496 e. The highest BCUT2D eigenvalue weighted by Crippen LogP contribution is 2.22. The number of halogens is 1. The number of rotatable bonds is 6. The van der Waals surface area contributed by atoms with E-state index in [0.29, 0.717) is 4.83 Å². The van der Waals surface area contributed by atoms with Gasteiger partial charge in [-0.2, -0.15) is 0 Å². The Morgan fingerprint density at radius 3 is 2.67 bits per heavy atom. The third-order valence-corrected chi connectivity index (χ3v) is 3.05. The highest BCUT2D eigenvalue weighted by atomic mass is 79.9. The molecular weight excluding hydrogens is 256 g/mol. The molecule has 0 spiro atoms. The average molecular weight is 273 g/mol. The summed E-state index contributed by atoms with van der Waals surface area (Å²) in [6.45, 7) is 0.783. The van der Waals surface area contributed by atoms with E-state index in [1.54, 1.807) is 14.2 Å². The van der Waals surface area contributed by atoms with Crippen molar-refractivity contribution in [1.82, 2.24) is 0 Å². The van der Waals surface area contributed by atoms with Gasteiger partial charge in [0.05, 0.1) is 7.11 Å². The first-order chi connectivity index (χ1) is 7.27. The van der Waals surface area contributed by atoms with Gasteiger partial charge < -0.3 is 9.47 Å². The molecule has 1 rings (SSSR count). The maximum absolute atomic E-state index is 5.30. The predicted octanol–water partition coefficient (Wildman–Crippen LogP) is 3.04. The summed E-state index contributed by atoms with van der Waals surface area (Å²) in [4.78, 5) is 0.439. The summed E-state index contributed by atoms with van der Waals surface area (Å²) < 4.78 is 10.3. The summed E-state index contributed by atoms with van der Waals surface area (Å²) in [5.41, 5.74) is 1.23. The van der Waals surface area contributed by atoms with Crippen LogP contribution in [0.3, 0.4) is 0 Å². The molecule has 1 unspecified atom stereocenters. The lowest BCUT2D eigenvalue weighted by Crippen LogP contribution is -2.07. The molecule has 3 heteroatoms. The van der Waals surface area contributed by atoms with Gasteiger partial charge in [0.25, 0.3) is 0 Å². The van der Waals surface area contributed by atoms with Gasteiger partial charge in [-0.05, 0) is 24.5 Å².